The lowest BCUT2D eigenvalue weighted by Crippen LogP contribution is -2.17. The van der Waals surface area contributed by atoms with E-state index in [9.17, 15) is 13.2 Å². The normalized spacial score (nSPS) is 15.1. The summed E-state index contributed by atoms with van der Waals surface area (Å²) in [7, 11) is -2.25. The molecule has 0 radical (unpaired) electrons. The van der Waals surface area contributed by atoms with Gasteiger partial charge in [0.1, 0.15) is 0 Å². The van der Waals surface area contributed by atoms with Gasteiger partial charge in [-0.15, -0.1) is 0 Å². The Morgan fingerprint density at radius 1 is 1.03 bits per heavy atom. The van der Waals surface area contributed by atoms with Gasteiger partial charge in [-0.25, -0.2) is 13.2 Å². The van der Waals surface area contributed by atoms with Crippen molar-refractivity contribution in [1.29, 1.82) is 0 Å². The number of sulfone groups is 1. The van der Waals surface area contributed by atoms with Gasteiger partial charge in [-0.2, -0.15) is 0 Å². The Bertz CT molecular complexity index is 1310. The molecule has 7 heteroatoms. The minimum absolute atomic E-state index is 0.0164. The summed E-state index contributed by atoms with van der Waals surface area (Å²) >= 11 is 0. The molecule has 0 N–H and O–H groups in total. The van der Waals surface area contributed by atoms with E-state index in [1.807, 2.05) is 43.4 Å². The number of fused-ring (bicyclic) bond motifs is 3. The molecule has 3 aromatic rings. The van der Waals surface area contributed by atoms with Gasteiger partial charge in [-0.3, -0.25) is 0 Å². The molecule has 0 bridgehead atoms. The van der Waals surface area contributed by atoms with Crippen LogP contribution in [0.4, 0.5) is 5.69 Å². The Balaban J connectivity index is 1.76. The van der Waals surface area contributed by atoms with Crippen LogP contribution in [0, 0.1) is 0 Å². The smallest absolute Gasteiger partial charge is 0.350 e. The predicted molar refractivity (Wildman–Crippen MR) is 119 cm³/mol. The second-order valence-corrected chi connectivity index (χ2v) is 8.79. The number of hydrogen-bond acceptors (Lipinski definition) is 6. The first-order valence-corrected chi connectivity index (χ1v) is 11.2. The molecule has 0 amide bonds. The fourth-order valence-electron chi connectivity index (χ4n) is 3.38. The van der Waals surface area contributed by atoms with Gasteiger partial charge in [-0.05, 0) is 36.6 Å². The highest BCUT2D eigenvalue weighted by molar-refractivity contribution is 7.96. The summed E-state index contributed by atoms with van der Waals surface area (Å²) < 4.78 is 37.2. The maximum absolute atomic E-state index is 13.1. The minimum atomic E-state index is -4.07. The number of carbonyl (C=O) groups excluding carboxylic acids is 1. The average Bonchev–Trinajstić information content (AvgIpc) is 3.10. The zero-order chi connectivity index (χ0) is 22.0. The molecule has 0 spiro atoms. The lowest BCUT2D eigenvalue weighted by molar-refractivity contribution is -0.137. The van der Waals surface area contributed by atoms with Gasteiger partial charge in [0.25, 0.3) is 0 Å². The highest BCUT2D eigenvalue weighted by Crippen LogP contribution is 2.43. The van der Waals surface area contributed by atoms with Crippen LogP contribution in [0.15, 0.2) is 94.6 Å². The molecule has 31 heavy (non-hydrogen) atoms. The first kappa shape index (κ1) is 20.7. The number of rotatable bonds is 5. The van der Waals surface area contributed by atoms with E-state index in [-0.39, 0.29) is 11.5 Å². The Kier molecular flexibility index (Phi) is 5.52. The summed E-state index contributed by atoms with van der Waals surface area (Å²) in [5.74, 6) is 0.173. The van der Waals surface area contributed by atoms with Crippen LogP contribution >= 0.6 is 0 Å². The fourth-order valence-corrected chi connectivity index (χ4v) is 4.68. The van der Waals surface area contributed by atoms with Crippen LogP contribution in [-0.2, 0) is 19.4 Å². The summed E-state index contributed by atoms with van der Waals surface area (Å²) in [6.07, 6.45) is 2.71. The molecule has 0 unspecified atom stereocenters. The Morgan fingerprint density at radius 2 is 1.74 bits per heavy atom. The molecule has 3 aromatic carbocycles. The molecular formula is C24H21NO5S. The second-order valence-electron chi connectivity index (χ2n) is 6.87. The molecule has 0 fully saturated rings. The van der Waals surface area contributed by atoms with Gasteiger partial charge in [-0.1, -0.05) is 48.5 Å². The van der Waals surface area contributed by atoms with Crippen molar-refractivity contribution >= 4 is 32.3 Å². The molecule has 1 aliphatic rings. The van der Waals surface area contributed by atoms with Crippen molar-refractivity contribution in [2.75, 3.05) is 18.6 Å². The molecule has 0 saturated heterocycles. The highest BCUT2D eigenvalue weighted by atomic mass is 32.2. The van der Waals surface area contributed by atoms with Crippen molar-refractivity contribution in [2.24, 2.45) is 0 Å². The number of ether oxygens (including phenoxy) is 2. The monoisotopic (exact) mass is 435 g/mol. The maximum atomic E-state index is 13.1. The van der Waals surface area contributed by atoms with Gasteiger partial charge in [0.15, 0.2) is 16.5 Å². The van der Waals surface area contributed by atoms with Crippen molar-refractivity contribution in [2.45, 2.75) is 11.8 Å². The lowest BCUT2D eigenvalue weighted by atomic mass is 10.1. The molecule has 0 atom stereocenters. The molecule has 0 saturated carbocycles. The number of benzene rings is 3. The van der Waals surface area contributed by atoms with Crippen molar-refractivity contribution in [3.05, 3.63) is 89.7 Å². The predicted octanol–water partition coefficient (Wildman–Crippen LogP) is 4.43. The van der Waals surface area contributed by atoms with Gasteiger partial charge in [0.2, 0.25) is 9.84 Å². The van der Waals surface area contributed by atoms with E-state index in [1.54, 1.807) is 30.0 Å². The average molecular weight is 436 g/mol. The summed E-state index contributed by atoms with van der Waals surface area (Å²) in [5, 5.41) is 1.98. The van der Waals surface area contributed by atoms with E-state index in [1.165, 1.54) is 24.3 Å². The molecule has 1 heterocycles. The molecule has 4 rings (SSSR count). The third kappa shape index (κ3) is 3.80. The molecule has 6 nitrogen and oxygen atoms in total. The summed E-state index contributed by atoms with van der Waals surface area (Å²) in [5.41, 5.74) is 0.849. The maximum Gasteiger partial charge on any atom is 0.350 e. The fraction of sp³-hybridized carbons (Fsp3) is 0.125. The van der Waals surface area contributed by atoms with E-state index in [4.69, 9.17) is 9.47 Å². The standard InChI is InChI=1S/C24H21NO5S/c1-3-29-24(26)21(31(27,28)18-10-5-4-6-11-18)15-16-22-25(2)20-14-13-17-9-7-8-12-19(17)23(20)30-22/h4-16H,3H2,1-2H3/b21-15-,22-16-. The molecular weight excluding hydrogens is 414 g/mol. The number of nitrogens with zero attached hydrogens (tertiary/aromatic N) is 1. The van der Waals surface area contributed by atoms with Crippen LogP contribution in [0.3, 0.4) is 0 Å². The third-order valence-corrected chi connectivity index (χ3v) is 6.73. The van der Waals surface area contributed by atoms with Crippen LogP contribution in [-0.4, -0.2) is 28.0 Å². The number of esters is 1. The van der Waals surface area contributed by atoms with E-state index in [0.29, 0.717) is 11.6 Å². The number of hydrogen-bond donors (Lipinski definition) is 0. The Labute approximate surface area is 180 Å². The molecule has 1 aliphatic heterocycles. The zero-order valence-electron chi connectivity index (χ0n) is 17.1. The quantitative estimate of drug-likeness (QED) is 0.436. The van der Waals surface area contributed by atoms with Gasteiger partial charge >= 0.3 is 5.97 Å². The van der Waals surface area contributed by atoms with Crippen molar-refractivity contribution < 1.29 is 22.7 Å². The number of allylic oxidation sites excluding steroid dienone is 2. The van der Waals surface area contributed by atoms with Crippen molar-refractivity contribution in [1.82, 2.24) is 0 Å². The van der Waals surface area contributed by atoms with E-state index >= 15 is 0 Å². The first-order chi connectivity index (χ1) is 14.9. The van der Waals surface area contributed by atoms with Crippen molar-refractivity contribution in [3.8, 4) is 5.75 Å². The van der Waals surface area contributed by atoms with Crippen LogP contribution in [0.2, 0.25) is 0 Å². The van der Waals surface area contributed by atoms with E-state index in [0.717, 1.165) is 16.5 Å². The summed E-state index contributed by atoms with van der Waals surface area (Å²) in [6, 6.07) is 19.6. The molecule has 158 valence electrons. The van der Waals surface area contributed by atoms with Crippen LogP contribution in [0.1, 0.15) is 6.92 Å². The second kappa shape index (κ2) is 8.28. The Morgan fingerprint density at radius 3 is 2.48 bits per heavy atom. The van der Waals surface area contributed by atoms with Gasteiger partial charge < -0.3 is 14.4 Å². The summed E-state index contributed by atoms with van der Waals surface area (Å²) in [4.78, 5) is 13.9. The largest absolute Gasteiger partial charge is 0.462 e. The molecule has 0 aliphatic carbocycles. The number of carbonyl (C=O) groups is 1. The molecule has 0 aromatic heterocycles. The SMILES string of the molecule is CCOC(=O)/C(=C/C=C1\Oc2c(ccc3ccccc23)N1C)S(=O)(=O)c1ccccc1. The van der Waals surface area contributed by atoms with Crippen LogP contribution in [0.5, 0.6) is 5.75 Å². The lowest BCUT2D eigenvalue weighted by Gasteiger charge is -2.11. The first-order valence-electron chi connectivity index (χ1n) is 9.76. The zero-order valence-corrected chi connectivity index (χ0v) is 17.9. The van der Waals surface area contributed by atoms with Gasteiger partial charge in [0.05, 0.1) is 17.2 Å². The number of anilines is 1. The van der Waals surface area contributed by atoms with E-state index in [2.05, 4.69) is 0 Å². The minimum Gasteiger partial charge on any atom is -0.462 e. The highest BCUT2D eigenvalue weighted by Gasteiger charge is 2.29. The van der Waals surface area contributed by atoms with Gasteiger partial charge in [0, 0.05) is 18.5 Å². The van der Waals surface area contributed by atoms with Crippen molar-refractivity contribution in [3.63, 3.8) is 0 Å². The Hall–Kier alpha value is -3.58. The third-order valence-electron chi connectivity index (χ3n) is 4.95. The van der Waals surface area contributed by atoms with E-state index < -0.39 is 20.7 Å². The topological polar surface area (TPSA) is 72.9 Å². The van der Waals surface area contributed by atoms with Crippen LogP contribution < -0.4 is 9.64 Å². The summed E-state index contributed by atoms with van der Waals surface area (Å²) in [6.45, 7) is 1.68. The van der Waals surface area contributed by atoms with Crippen LogP contribution in [0.25, 0.3) is 10.8 Å².